The Kier molecular flexibility index (Phi) is 6.32. The Labute approximate surface area is 103 Å². The maximum Gasteiger partial charge on any atom is 0.328 e. The summed E-state index contributed by atoms with van der Waals surface area (Å²) in [5, 5.41) is 20.5. The molecule has 0 spiro atoms. The molecule has 98 valence electrons. The minimum atomic E-state index is -3.50. The lowest BCUT2D eigenvalue weighted by atomic mass is 10.4. The van der Waals surface area contributed by atoms with Gasteiger partial charge in [0.25, 0.3) is 0 Å². The van der Waals surface area contributed by atoms with E-state index in [1.165, 1.54) is 12.1 Å². The van der Waals surface area contributed by atoms with Crippen LogP contribution in [0.3, 0.4) is 0 Å². The van der Waals surface area contributed by atoms with E-state index in [4.69, 9.17) is 15.4 Å². The van der Waals surface area contributed by atoms with E-state index in [2.05, 4.69) is 0 Å². The summed E-state index contributed by atoms with van der Waals surface area (Å²) in [7, 11) is -3.50. The summed E-state index contributed by atoms with van der Waals surface area (Å²) in [5.41, 5.74) is 0. The molecule has 0 radical (unpaired) electrons. The number of benzene rings is 1. The van der Waals surface area contributed by atoms with Crippen LogP contribution in [-0.4, -0.2) is 30.6 Å². The Balaban J connectivity index is 0.000000331. The van der Waals surface area contributed by atoms with Crippen molar-refractivity contribution in [3.8, 4) is 0 Å². The molecule has 0 aliphatic heterocycles. The molecule has 1 aromatic carbocycles. The van der Waals surface area contributed by atoms with Gasteiger partial charge in [-0.05, 0) is 12.1 Å². The zero-order valence-electron chi connectivity index (χ0n) is 9.05. The summed E-state index contributed by atoms with van der Waals surface area (Å²) in [5.74, 6) is -2.51. The average molecular weight is 273 g/mol. The number of hydrogen-bond donors (Lipinski definition) is 3. The van der Waals surface area contributed by atoms with Crippen molar-refractivity contribution in [3.63, 3.8) is 0 Å². The van der Waals surface area contributed by atoms with Crippen LogP contribution < -0.4 is 5.14 Å². The molecule has 0 atom stereocenters. The molecule has 1 aromatic rings. The second-order valence-electron chi connectivity index (χ2n) is 2.87. The molecule has 18 heavy (non-hydrogen) atoms. The first-order valence-electron chi connectivity index (χ1n) is 4.45. The SMILES string of the molecule is NS(=O)(=O)c1ccccc1.O=C(O)/C=C\C(=O)O. The summed E-state index contributed by atoms with van der Waals surface area (Å²) in [6, 6.07) is 7.89. The zero-order chi connectivity index (χ0) is 14.2. The third kappa shape index (κ3) is 8.02. The van der Waals surface area contributed by atoms with E-state index < -0.39 is 22.0 Å². The number of sulfonamides is 1. The lowest BCUT2D eigenvalue weighted by molar-refractivity contribution is -0.134. The van der Waals surface area contributed by atoms with Crippen molar-refractivity contribution in [2.24, 2.45) is 5.14 Å². The molecule has 0 heterocycles. The molecule has 7 nitrogen and oxygen atoms in total. The monoisotopic (exact) mass is 273 g/mol. The second kappa shape index (κ2) is 7.20. The van der Waals surface area contributed by atoms with Crippen LogP contribution >= 0.6 is 0 Å². The number of primary sulfonamides is 1. The topological polar surface area (TPSA) is 135 Å². The molecule has 0 fully saturated rings. The van der Waals surface area contributed by atoms with Gasteiger partial charge in [0.1, 0.15) is 0 Å². The third-order valence-electron chi connectivity index (χ3n) is 1.44. The van der Waals surface area contributed by atoms with E-state index in [0.29, 0.717) is 12.2 Å². The highest BCUT2D eigenvalue weighted by Crippen LogP contribution is 2.02. The van der Waals surface area contributed by atoms with Gasteiger partial charge in [0.05, 0.1) is 4.90 Å². The highest BCUT2D eigenvalue weighted by Gasteiger charge is 2.03. The fourth-order valence-corrected chi connectivity index (χ4v) is 1.29. The van der Waals surface area contributed by atoms with Gasteiger partial charge in [-0.25, -0.2) is 23.1 Å². The second-order valence-corrected chi connectivity index (χ2v) is 4.43. The van der Waals surface area contributed by atoms with Crippen molar-refractivity contribution >= 4 is 22.0 Å². The number of carbonyl (C=O) groups is 2. The van der Waals surface area contributed by atoms with E-state index in [1.807, 2.05) is 0 Å². The van der Waals surface area contributed by atoms with Crippen molar-refractivity contribution in [1.82, 2.24) is 0 Å². The van der Waals surface area contributed by atoms with Crippen LogP contribution in [0, 0.1) is 0 Å². The Morgan fingerprint density at radius 2 is 1.39 bits per heavy atom. The Bertz CT molecular complexity index is 519. The predicted octanol–water partition coefficient (Wildman–Crippen LogP) is 0.0458. The zero-order valence-corrected chi connectivity index (χ0v) is 9.87. The maximum absolute atomic E-state index is 10.6. The highest BCUT2D eigenvalue weighted by atomic mass is 32.2. The van der Waals surface area contributed by atoms with E-state index in [0.717, 1.165) is 0 Å². The fourth-order valence-electron chi connectivity index (χ4n) is 0.753. The molecule has 0 unspecified atom stereocenters. The predicted molar refractivity (Wildman–Crippen MR) is 62.2 cm³/mol. The van der Waals surface area contributed by atoms with Gasteiger partial charge in [-0.15, -0.1) is 0 Å². The smallest absolute Gasteiger partial charge is 0.328 e. The van der Waals surface area contributed by atoms with Gasteiger partial charge < -0.3 is 10.2 Å². The largest absolute Gasteiger partial charge is 0.478 e. The number of carboxylic acids is 2. The van der Waals surface area contributed by atoms with Crippen LogP contribution in [-0.2, 0) is 19.6 Å². The van der Waals surface area contributed by atoms with Crippen molar-refractivity contribution in [1.29, 1.82) is 0 Å². The molecule has 0 aliphatic carbocycles. The van der Waals surface area contributed by atoms with Crippen molar-refractivity contribution in [2.45, 2.75) is 4.90 Å². The number of nitrogens with two attached hydrogens (primary N) is 1. The first-order chi connectivity index (χ1) is 8.23. The van der Waals surface area contributed by atoms with Gasteiger partial charge in [0, 0.05) is 12.2 Å². The molecule has 8 heteroatoms. The highest BCUT2D eigenvalue weighted by molar-refractivity contribution is 7.89. The van der Waals surface area contributed by atoms with Gasteiger partial charge in [-0.3, -0.25) is 0 Å². The number of carboxylic acid groups (broad SMARTS) is 2. The minimum Gasteiger partial charge on any atom is -0.478 e. The summed E-state index contributed by atoms with van der Waals surface area (Å²) in [4.78, 5) is 19.3. The van der Waals surface area contributed by atoms with Gasteiger partial charge in [0.2, 0.25) is 10.0 Å². The van der Waals surface area contributed by atoms with Crippen LogP contribution in [0.2, 0.25) is 0 Å². The van der Waals surface area contributed by atoms with Crippen molar-refractivity contribution in [2.75, 3.05) is 0 Å². The molecule has 1 rings (SSSR count). The molecule has 0 saturated heterocycles. The van der Waals surface area contributed by atoms with Gasteiger partial charge in [0.15, 0.2) is 0 Å². The lowest BCUT2D eigenvalue weighted by Gasteiger charge is -1.93. The van der Waals surface area contributed by atoms with Gasteiger partial charge >= 0.3 is 11.9 Å². The van der Waals surface area contributed by atoms with Crippen LogP contribution in [0.25, 0.3) is 0 Å². The number of hydrogen-bond acceptors (Lipinski definition) is 4. The fraction of sp³-hybridized carbons (Fsp3) is 0. The first kappa shape index (κ1) is 15.8. The van der Waals surface area contributed by atoms with Gasteiger partial charge in [-0.2, -0.15) is 0 Å². The van der Waals surface area contributed by atoms with E-state index in [-0.39, 0.29) is 4.90 Å². The molecular weight excluding hydrogens is 262 g/mol. The lowest BCUT2D eigenvalue weighted by Crippen LogP contribution is -2.11. The van der Waals surface area contributed by atoms with Crippen LogP contribution in [0.1, 0.15) is 0 Å². The number of rotatable bonds is 3. The minimum absolute atomic E-state index is 0.148. The summed E-state index contributed by atoms with van der Waals surface area (Å²) >= 11 is 0. The summed E-state index contributed by atoms with van der Waals surface area (Å²) < 4.78 is 21.2. The van der Waals surface area contributed by atoms with Gasteiger partial charge in [-0.1, -0.05) is 18.2 Å². The quantitative estimate of drug-likeness (QED) is 0.666. The molecule has 4 N–H and O–H groups in total. The van der Waals surface area contributed by atoms with Crippen molar-refractivity contribution < 1.29 is 28.2 Å². The van der Waals surface area contributed by atoms with Crippen LogP contribution in [0.5, 0.6) is 0 Å². The maximum atomic E-state index is 10.6. The van der Waals surface area contributed by atoms with E-state index >= 15 is 0 Å². The van der Waals surface area contributed by atoms with E-state index in [1.54, 1.807) is 18.2 Å². The van der Waals surface area contributed by atoms with Crippen LogP contribution in [0.4, 0.5) is 0 Å². The van der Waals surface area contributed by atoms with Crippen molar-refractivity contribution in [3.05, 3.63) is 42.5 Å². The number of aliphatic carboxylic acids is 2. The third-order valence-corrected chi connectivity index (χ3v) is 2.37. The standard InChI is InChI=1S/C6H7NO2S.C4H4O4/c7-10(8,9)6-4-2-1-3-5-6;5-3(6)1-2-4(7)8/h1-5H,(H2,7,8,9);1-2H,(H,5,6)(H,7,8)/b;2-1-. The first-order valence-corrected chi connectivity index (χ1v) is 6.00. The summed E-state index contributed by atoms with van der Waals surface area (Å²) in [6.45, 7) is 0. The van der Waals surface area contributed by atoms with Crippen LogP contribution in [0.15, 0.2) is 47.4 Å². The average Bonchev–Trinajstić information content (AvgIpc) is 2.27. The molecule has 0 bridgehead atoms. The molecule has 0 aromatic heterocycles. The Morgan fingerprint density at radius 3 is 1.61 bits per heavy atom. The molecule has 0 aliphatic rings. The molecule has 0 amide bonds. The Morgan fingerprint density at radius 1 is 1.00 bits per heavy atom. The normalized spacial score (nSPS) is 10.5. The molecule has 0 saturated carbocycles. The Hall–Kier alpha value is -2.19. The molecular formula is C10H11NO6S. The van der Waals surface area contributed by atoms with E-state index in [9.17, 15) is 18.0 Å². The summed E-state index contributed by atoms with van der Waals surface area (Å²) in [6.07, 6.45) is 1.12.